The van der Waals surface area contributed by atoms with E-state index in [0.29, 0.717) is 12.5 Å². The van der Waals surface area contributed by atoms with E-state index in [-0.39, 0.29) is 5.91 Å². The average Bonchev–Trinajstić information content (AvgIpc) is 2.60. The summed E-state index contributed by atoms with van der Waals surface area (Å²) in [6, 6.07) is 14.8. The molecule has 1 aromatic carbocycles. The van der Waals surface area contributed by atoms with Crippen LogP contribution in [0.25, 0.3) is 0 Å². The summed E-state index contributed by atoms with van der Waals surface area (Å²) >= 11 is 0. The van der Waals surface area contributed by atoms with Gasteiger partial charge in [-0.05, 0) is 43.7 Å². The molecule has 1 aliphatic rings. The standard InChI is InChI=1S/C21H27N2O/c1-17-7-6-12-23(18(17)2)16-21(24)22-13-10-20(11-14-22)15-19-8-4-3-5-9-19/h3-9,12,20H,10-11,13-16H2,1-2H3/q+1. The van der Waals surface area contributed by atoms with Crippen molar-refractivity contribution in [1.29, 1.82) is 0 Å². The topological polar surface area (TPSA) is 24.2 Å². The lowest BCUT2D eigenvalue weighted by molar-refractivity contribution is -0.691. The van der Waals surface area contributed by atoms with Gasteiger partial charge in [0.05, 0.1) is 0 Å². The van der Waals surface area contributed by atoms with Crippen molar-refractivity contribution in [1.82, 2.24) is 4.90 Å². The minimum absolute atomic E-state index is 0.242. The molecule has 2 heterocycles. The molecular weight excluding hydrogens is 296 g/mol. The number of carbonyl (C=O) groups is 1. The number of amides is 1. The lowest BCUT2D eigenvalue weighted by Crippen LogP contribution is -2.48. The van der Waals surface area contributed by atoms with Gasteiger partial charge in [-0.2, -0.15) is 4.57 Å². The van der Waals surface area contributed by atoms with Crippen molar-refractivity contribution in [3.63, 3.8) is 0 Å². The van der Waals surface area contributed by atoms with E-state index in [2.05, 4.69) is 54.8 Å². The van der Waals surface area contributed by atoms with Crippen LogP contribution in [0, 0.1) is 19.8 Å². The third-order valence-corrected chi connectivity index (χ3v) is 5.25. The normalized spacial score (nSPS) is 15.5. The molecular formula is C21H27N2O+. The van der Waals surface area contributed by atoms with Crippen LogP contribution in [0.15, 0.2) is 48.7 Å². The highest BCUT2D eigenvalue weighted by Gasteiger charge is 2.25. The molecule has 0 bridgehead atoms. The number of rotatable bonds is 4. The van der Waals surface area contributed by atoms with Gasteiger partial charge in [0, 0.05) is 31.6 Å². The van der Waals surface area contributed by atoms with Gasteiger partial charge < -0.3 is 4.90 Å². The van der Waals surface area contributed by atoms with Gasteiger partial charge in [-0.25, -0.2) is 0 Å². The number of hydrogen-bond donors (Lipinski definition) is 0. The number of aromatic nitrogens is 1. The van der Waals surface area contributed by atoms with Crippen LogP contribution in [0.4, 0.5) is 0 Å². The Morgan fingerprint density at radius 1 is 1.08 bits per heavy atom. The highest BCUT2D eigenvalue weighted by Crippen LogP contribution is 2.21. The summed E-state index contributed by atoms with van der Waals surface area (Å²) in [4.78, 5) is 14.6. The summed E-state index contributed by atoms with van der Waals surface area (Å²) in [6.45, 7) is 6.40. The second kappa shape index (κ2) is 7.61. The fourth-order valence-electron chi connectivity index (χ4n) is 3.50. The molecule has 126 valence electrons. The first-order valence-electron chi connectivity index (χ1n) is 8.91. The molecule has 1 saturated heterocycles. The predicted molar refractivity (Wildman–Crippen MR) is 95.6 cm³/mol. The molecule has 1 aliphatic heterocycles. The molecule has 1 fully saturated rings. The van der Waals surface area contributed by atoms with Gasteiger partial charge in [-0.3, -0.25) is 4.79 Å². The van der Waals surface area contributed by atoms with Gasteiger partial charge >= 0.3 is 0 Å². The summed E-state index contributed by atoms with van der Waals surface area (Å²) in [5.41, 5.74) is 3.81. The fourth-order valence-corrected chi connectivity index (χ4v) is 3.50. The van der Waals surface area contributed by atoms with E-state index in [1.54, 1.807) is 0 Å². The van der Waals surface area contributed by atoms with Crippen LogP contribution in [0.3, 0.4) is 0 Å². The Morgan fingerprint density at radius 3 is 2.50 bits per heavy atom. The molecule has 3 nitrogen and oxygen atoms in total. The van der Waals surface area contributed by atoms with Crippen LogP contribution in [0.2, 0.25) is 0 Å². The molecule has 2 aromatic rings. The highest BCUT2D eigenvalue weighted by atomic mass is 16.2. The summed E-state index contributed by atoms with van der Waals surface area (Å²) < 4.78 is 2.06. The second-order valence-electron chi connectivity index (χ2n) is 6.92. The Morgan fingerprint density at radius 2 is 1.79 bits per heavy atom. The predicted octanol–water partition coefficient (Wildman–Crippen LogP) is 3.07. The number of hydrogen-bond acceptors (Lipinski definition) is 1. The molecule has 0 spiro atoms. The van der Waals surface area contributed by atoms with E-state index in [4.69, 9.17) is 0 Å². The van der Waals surface area contributed by atoms with Crippen molar-refractivity contribution in [3.05, 3.63) is 65.5 Å². The highest BCUT2D eigenvalue weighted by molar-refractivity contribution is 5.74. The van der Waals surface area contributed by atoms with Crippen molar-refractivity contribution >= 4 is 5.91 Å². The first-order chi connectivity index (χ1) is 11.6. The molecule has 0 aliphatic carbocycles. The third kappa shape index (κ3) is 4.02. The fraction of sp³-hybridized carbons (Fsp3) is 0.429. The van der Waals surface area contributed by atoms with Gasteiger partial charge in [0.25, 0.3) is 5.91 Å². The van der Waals surface area contributed by atoms with Gasteiger partial charge in [0.15, 0.2) is 11.9 Å². The van der Waals surface area contributed by atoms with Crippen molar-refractivity contribution in [3.8, 4) is 0 Å². The Balaban J connectivity index is 1.52. The summed E-state index contributed by atoms with van der Waals surface area (Å²) in [7, 11) is 0. The van der Waals surface area contributed by atoms with Crippen molar-refractivity contribution in [2.24, 2.45) is 5.92 Å². The van der Waals surface area contributed by atoms with Gasteiger partial charge in [-0.15, -0.1) is 0 Å². The number of pyridine rings is 1. The van der Waals surface area contributed by atoms with E-state index >= 15 is 0 Å². The number of carbonyl (C=O) groups excluding carboxylic acids is 1. The van der Waals surface area contributed by atoms with Gasteiger partial charge in [-0.1, -0.05) is 30.3 Å². The Labute approximate surface area is 144 Å². The number of piperidine rings is 1. The maximum atomic E-state index is 12.6. The molecule has 0 unspecified atom stereocenters. The molecule has 0 saturated carbocycles. The summed E-state index contributed by atoms with van der Waals surface area (Å²) in [6.07, 6.45) is 5.35. The Bertz CT molecular complexity index is 688. The van der Waals surface area contributed by atoms with Crippen LogP contribution in [0.1, 0.15) is 29.7 Å². The first kappa shape index (κ1) is 16.7. The molecule has 0 N–H and O–H groups in total. The Hall–Kier alpha value is -2.16. The molecule has 3 rings (SSSR count). The number of likely N-dealkylation sites (tertiary alicyclic amines) is 1. The lowest BCUT2D eigenvalue weighted by atomic mass is 9.90. The molecule has 1 amide bonds. The molecule has 24 heavy (non-hydrogen) atoms. The SMILES string of the molecule is Cc1ccc[n+](CC(=O)N2CCC(Cc3ccccc3)CC2)c1C. The quantitative estimate of drug-likeness (QED) is 0.794. The zero-order valence-corrected chi connectivity index (χ0v) is 14.7. The second-order valence-corrected chi connectivity index (χ2v) is 6.92. The van der Waals surface area contributed by atoms with E-state index in [0.717, 1.165) is 32.4 Å². The number of aryl methyl sites for hydroxylation is 1. The molecule has 0 radical (unpaired) electrons. The smallest absolute Gasteiger partial charge is 0.288 e. The maximum Gasteiger partial charge on any atom is 0.288 e. The maximum absolute atomic E-state index is 12.6. The number of benzene rings is 1. The third-order valence-electron chi connectivity index (χ3n) is 5.25. The van der Waals surface area contributed by atoms with Crippen LogP contribution in [-0.4, -0.2) is 23.9 Å². The zero-order chi connectivity index (χ0) is 16.9. The monoisotopic (exact) mass is 323 g/mol. The summed E-state index contributed by atoms with van der Waals surface area (Å²) in [5.74, 6) is 0.941. The van der Waals surface area contributed by atoms with E-state index < -0.39 is 0 Å². The minimum atomic E-state index is 0.242. The number of nitrogens with zero attached hydrogens (tertiary/aromatic N) is 2. The van der Waals surface area contributed by atoms with Crippen LogP contribution in [0.5, 0.6) is 0 Å². The average molecular weight is 323 g/mol. The molecule has 0 atom stereocenters. The van der Waals surface area contributed by atoms with E-state index in [1.165, 1.54) is 16.8 Å². The van der Waals surface area contributed by atoms with Gasteiger partial charge in [0.2, 0.25) is 6.54 Å². The van der Waals surface area contributed by atoms with Crippen molar-refractivity contribution < 1.29 is 9.36 Å². The molecule has 3 heteroatoms. The molecule has 1 aromatic heterocycles. The first-order valence-corrected chi connectivity index (χ1v) is 8.91. The van der Waals surface area contributed by atoms with E-state index in [1.807, 2.05) is 17.2 Å². The summed E-state index contributed by atoms with van der Waals surface area (Å²) in [5, 5.41) is 0. The van der Waals surface area contributed by atoms with Crippen molar-refractivity contribution in [2.45, 2.75) is 39.7 Å². The van der Waals surface area contributed by atoms with Gasteiger partial charge in [0.1, 0.15) is 0 Å². The van der Waals surface area contributed by atoms with Crippen molar-refractivity contribution in [2.75, 3.05) is 13.1 Å². The van der Waals surface area contributed by atoms with Crippen LogP contribution in [-0.2, 0) is 17.8 Å². The van der Waals surface area contributed by atoms with E-state index in [9.17, 15) is 4.79 Å². The lowest BCUT2D eigenvalue weighted by Gasteiger charge is -2.31. The minimum Gasteiger partial charge on any atom is -0.337 e. The Kier molecular flexibility index (Phi) is 5.29. The van der Waals surface area contributed by atoms with Crippen LogP contribution < -0.4 is 4.57 Å². The van der Waals surface area contributed by atoms with Crippen LogP contribution >= 0.6 is 0 Å². The zero-order valence-electron chi connectivity index (χ0n) is 14.7. The largest absolute Gasteiger partial charge is 0.337 e.